The Balaban J connectivity index is 1.90. The molecule has 172 valence electrons. The topological polar surface area (TPSA) is 82.1 Å². The molecule has 0 radical (unpaired) electrons. The van der Waals surface area contributed by atoms with Crippen LogP contribution >= 0.6 is 0 Å². The first-order valence-corrected chi connectivity index (χ1v) is 12.2. The van der Waals surface area contributed by atoms with E-state index in [0.717, 1.165) is 5.56 Å². The van der Waals surface area contributed by atoms with Crippen molar-refractivity contribution < 1.29 is 27.4 Å². The van der Waals surface area contributed by atoms with Crippen molar-refractivity contribution in [1.29, 1.82) is 0 Å². The van der Waals surface area contributed by atoms with E-state index in [1.54, 1.807) is 45.0 Å². The lowest BCUT2D eigenvalue weighted by Gasteiger charge is -2.28. The Hall–Kier alpha value is -1.90. The molecule has 0 N–H and O–H groups in total. The van der Waals surface area contributed by atoms with E-state index >= 15 is 0 Å². The molecule has 3 atom stereocenters. The van der Waals surface area contributed by atoms with Crippen molar-refractivity contribution in [3.8, 4) is 5.75 Å². The SMILES string of the molecule is C=CC[C@H]1OCC[C@H]1Oc1cc(C)ccc1S(=O)(=O)N1CCC[C@H]1C(=O)OC(C)(C)C. The van der Waals surface area contributed by atoms with Gasteiger partial charge in [0.1, 0.15) is 28.4 Å². The summed E-state index contributed by atoms with van der Waals surface area (Å²) in [7, 11) is -3.96. The quantitative estimate of drug-likeness (QED) is 0.465. The summed E-state index contributed by atoms with van der Waals surface area (Å²) in [6.07, 6.45) is 3.71. The number of aryl methyl sites for hydroxylation is 1. The summed E-state index contributed by atoms with van der Waals surface area (Å²) in [6.45, 7) is 11.8. The molecular weight excluding hydrogens is 418 g/mol. The molecule has 0 unspecified atom stereocenters. The van der Waals surface area contributed by atoms with Crippen LogP contribution < -0.4 is 4.74 Å². The van der Waals surface area contributed by atoms with Gasteiger partial charge in [-0.3, -0.25) is 4.79 Å². The van der Waals surface area contributed by atoms with Gasteiger partial charge in [-0.25, -0.2) is 8.42 Å². The molecule has 0 saturated carbocycles. The van der Waals surface area contributed by atoms with Gasteiger partial charge in [-0.1, -0.05) is 12.1 Å². The van der Waals surface area contributed by atoms with Crippen LogP contribution in [0.25, 0.3) is 0 Å². The molecular formula is C23H33NO6S. The molecule has 0 aromatic heterocycles. The highest BCUT2D eigenvalue weighted by Crippen LogP contribution is 2.35. The summed E-state index contributed by atoms with van der Waals surface area (Å²) in [5, 5.41) is 0. The highest BCUT2D eigenvalue weighted by molar-refractivity contribution is 7.89. The van der Waals surface area contributed by atoms with Crippen LogP contribution in [0.15, 0.2) is 35.7 Å². The zero-order valence-corrected chi connectivity index (χ0v) is 19.6. The zero-order chi connectivity index (χ0) is 22.8. The van der Waals surface area contributed by atoms with E-state index in [1.165, 1.54) is 4.31 Å². The van der Waals surface area contributed by atoms with Gasteiger partial charge >= 0.3 is 5.97 Å². The first kappa shape index (κ1) is 23.8. The predicted molar refractivity (Wildman–Crippen MR) is 118 cm³/mol. The first-order chi connectivity index (χ1) is 14.5. The third-order valence-corrected chi connectivity index (χ3v) is 7.34. The van der Waals surface area contributed by atoms with Crippen molar-refractivity contribution >= 4 is 16.0 Å². The van der Waals surface area contributed by atoms with Gasteiger partial charge in [0.25, 0.3) is 0 Å². The minimum absolute atomic E-state index is 0.0674. The number of sulfonamides is 1. The Kier molecular flexibility index (Phi) is 7.13. The highest BCUT2D eigenvalue weighted by Gasteiger charge is 2.43. The Morgan fingerprint density at radius 1 is 1.32 bits per heavy atom. The number of carbonyl (C=O) groups is 1. The summed E-state index contributed by atoms with van der Waals surface area (Å²) in [5.74, 6) is -0.224. The second-order valence-corrected chi connectivity index (χ2v) is 11.0. The number of carbonyl (C=O) groups excluding carboxylic acids is 1. The number of rotatable bonds is 7. The van der Waals surface area contributed by atoms with Crippen LogP contribution in [0.5, 0.6) is 5.75 Å². The highest BCUT2D eigenvalue weighted by atomic mass is 32.2. The van der Waals surface area contributed by atoms with E-state index in [9.17, 15) is 13.2 Å². The molecule has 1 aromatic rings. The molecule has 0 spiro atoms. The maximum absolute atomic E-state index is 13.6. The van der Waals surface area contributed by atoms with E-state index < -0.39 is 27.6 Å². The van der Waals surface area contributed by atoms with Crippen molar-refractivity contribution in [1.82, 2.24) is 4.31 Å². The molecule has 0 amide bonds. The summed E-state index contributed by atoms with van der Waals surface area (Å²) in [4.78, 5) is 12.8. The lowest BCUT2D eigenvalue weighted by Crippen LogP contribution is -2.43. The summed E-state index contributed by atoms with van der Waals surface area (Å²) < 4.78 is 45.9. The van der Waals surface area contributed by atoms with Gasteiger partial charge < -0.3 is 14.2 Å². The molecule has 8 heteroatoms. The molecule has 2 saturated heterocycles. The van der Waals surface area contributed by atoms with E-state index in [1.807, 2.05) is 6.92 Å². The van der Waals surface area contributed by atoms with Gasteiger partial charge in [-0.15, -0.1) is 6.58 Å². The first-order valence-electron chi connectivity index (χ1n) is 10.8. The van der Waals surface area contributed by atoms with Crippen LogP contribution in [0.1, 0.15) is 52.0 Å². The smallest absolute Gasteiger partial charge is 0.324 e. The largest absolute Gasteiger partial charge is 0.486 e. The maximum Gasteiger partial charge on any atom is 0.324 e. The van der Waals surface area contributed by atoms with E-state index in [4.69, 9.17) is 14.2 Å². The molecule has 2 fully saturated rings. The fourth-order valence-corrected chi connectivity index (χ4v) is 5.74. The summed E-state index contributed by atoms with van der Waals surface area (Å²) in [6, 6.07) is 4.20. The van der Waals surface area contributed by atoms with Crippen LogP contribution in [0.3, 0.4) is 0 Å². The van der Waals surface area contributed by atoms with Crippen LogP contribution in [0.4, 0.5) is 0 Å². The van der Waals surface area contributed by atoms with Gasteiger partial charge in [0.05, 0.1) is 12.7 Å². The number of ether oxygens (including phenoxy) is 3. The van der Waals surface area contributed by atoms with Crippen molar-refractivity contribution in [3.05, 3.63) is 36.4 Å². The van der Waals surface area contributed by atoms with Gasteiger partial charge in [-0.05, 0) is 64.7 Å². The van der Waals surface area contributed by atoms with Crippen LogP contribution in [0, 0.1) is 6.92 Å². The monoisotopic (exact) mass is 451 g/mol. The molecule has 2 aliphatic heterocycles. The average molecular weight is 452 g/mol. The summed E-state index contributed by atoms with van der Waals surface area (Å²) >= 11 is 0. The number of hydrogen-bond acceptors (Lipinski definition) is 6. The molecule has 0 bridgehead atoms. The standard InChI is InChI=1S/C23H33NO6S/c1-6-8-18-19(12-14-28-18)29-20-15-16(2)10-11-21(20)31(26,27)24-13-7-9-17(24)22(25)30-23(3,4)5/h6,10-11,15,17-19H,1,7-9,12-14H2,2-5H3/t17-,18+,19+/m0/s1. The molecule has 7 nitrogen and oxygen atoms in total. The minimum Gasteiger partial charge on any atom is -0.486 e. The molecule has 2 aliphatic rings. The average Bonchev–Trinajstić information content (AvgIpc) is 3.31. The lowest BCUT2D eigenvalue weighted by molar-refractivity contribution is -0.158. The lowest BCUT2D eigenvalue weighted by atomic mass is 10.1. The third kappa shape index (κ3) is 5.48. The zero-order valence-electron chi connectivity index (χ0n) is 18.8. The van der Waals surface area contributed by atoms with Gasteiger partial charge in [-0.2, -0.15) is 4.31 Å². The van der Waals surface area contributed by atoms with Crippen molar-refractivity contribution in [2.24, 2.45) is 0 Å². The van der Waals surface area contributed by atoms with E-state index in [2.05, 4.69) is 6.58 Å². The Bertz CT molecular complexity index is 920. The fraction of sp³-hybridized carbons (Fsp3) is 0.609. The van der Waals surface area contributed by atoms with E-state index in [-0.39, 0.29) is 23.6 Å². The third-order valence-electron chi connectivity index (χ3n) is 5.39. The van der Waals surface area contributed by atoms with Crippen LogP contribution in [-0.2, 0) is 24.3 Å². The Labute approximate surface area is 185 Å². The number of benzene rings is 1. The normalized spacial score (nSPS) is 24.8. The van der Waals surface area contributed by atoms with Crippen molar-refractivity contribution in [3.63, 3.8) is 0 Å². The number of hydrogen-bond donors (Lipinski definition) is 0. The fourth-order valence-electron chi connectivity index (χ4n) is 3.99. The van der Waals surface area contributed by atoms with Gasteiger partial charge in [0.15, 0.2) is 0 Å². The molecule has 1 aromatic carbocycles. The minimum atomic E-state index is -3.96. The maximum atomic E-state index is 13.6. The van der Waals surface area contributed by atoms with Crippen molar-refractivity contribution in [2.75, 3.05) is 13.2 Å². The molecule has 3 rings (SSSR count). The predicted octanol–water partition coefficient (Wildman–Crippen LogP) is 3.60. The second kappa shape index (κ2) is 9.30. The molecule has 31 heavy (non-hydrogen) atoms. The van der Waals surface area contributed by atoms with E-state index in [0.29, 0.717) is 38.0 Å². The van der Waals surface area contributed by atoms with Crippen molar-refractivity contribution in [2.45, 2.75) is 82.1 Å². The molecule has 2 heterocycles. The second-order valence-electron chi connectivity index (χ2n) is 9.14. The number of nitrogens with zero attached hydrogens (tertiary/aromatic N) is 1. The number of esters is 1. The Morgan fingerprint density at radius 3 is 2.74 bits per heavy atom. The summed E-state index contributed by atoms with van der Waals surface area (Å²) in [5.41, 5.74) is 0.203. The van der Waals surface area contributed by atoms with Crippen LogP contribution in [0.2, 0.25) is 0 Å². The van der Waals surface area contributed by atoms with Gasteiger partial charge in [0.2, 0.25) is 10.0 Å². The Morgan fingerprint density at radius 2 is 2.06 bits per heavy atom. The van der Waals surface area contributed by atoms with Crippen LogP contribution in [-0.4, -0.2) is 55.7 Å². The van der Waals surface area contributed by atoms with Gasteiger partial charge in [0, 0.05) is 13.0 Å². The molecule has 0 aliphatic carbocycles.